The van der Waals surface area contributed by atoms with E-state index in [2.05, 4.69) is 49.1 Å². The van der Waals surface area contributed by atoms with Crippen LogP contribution in [0.3, 0.4) is 0 Å². The lowest BCUT2D eigenvalue weighted by molar-refractivity contribution is 0.245. The van der Waals surface area contributed by atoms with Crippen LogP contribution in [0.5, 0.6) is 0 Å². The number of anilines is 1. The summed E-state index contributed by atoms with van der Waals surface area (Å²) >= 11 is 0. The predicted octanol–water partition coefficient (Wildman–Crippen LogP) is 4.05. The summed E-state index contributed by atoms with van der Waals surface area (Å²) in [7, 11) is 0. The van der Waals surface area contributed by atoms with Crippen LogP contribution in [0.4, 0.5) is 5.69 Å². The van der Waals surface area contributed by atoms with E-state index >= 15 is 0 Å². The largest absolute Gasteiger partial charge is 0.399 e. The average Bonchev–Trinajstić information content (AvgIpc) is 3.24. The van der Waals surface area contributed by atoms with Crippen molar-refractivity contribution in [2.45, 2.75) is 45.8 Å². The van der Waals surface area contributed by atoms with E-state index < -0.39 is 0 Å². The molecule has 1 fully saturated rings. The van der Waals surface area contributed by atoms with Crippen LogP contribution < -0.4 is 5.73 Å². The fraction of sp³-hybridized carbons (Fsp3) is 0.368. The maximum Gasteiger partial charge on any atom is 0.0314 e. The highest BCUT2D eigenvalue weighted by Gasteiger charge is 2.28. The Labute approximate surface area is 127 Å². The second-order valence-corrected chi connectivity index (χ2v) is 6.37. The van der Waals surface area contributed by atoms with Crippen LogP contribution in [0.25, 0.3) is 0 Å². The summed E-state index contributed by atoms with van der Waals surface area (Å²) < 4.78 is 0. The first-order valence-corrected chi connectivity index (χ1v) is 7.76. The van der Waals surface area contributed by atoms with Crippen LogP contribution in [-0.2, 0) is 13.1 Å². The first-order chi connectivity index (χ1) is 10.1. The van der Waals surface area contributed by atoms with Crippen molar-refractivity contribution in [1.82, 2.24) is 4.90 Å². The molecule has 2 aromatic rings. The Morgan fingerprint density at radius 3 is 2.05 bits per heavy atom. The molecule has 0 saturated heterocycles. The predicted molar refractivity (Wildman–Crippen MR) is 89.0 cm³/mol. The van der Waals surface area contributed by atoms with Crippen LogP contribution in [-0.4, -0.2) is 10.9 Å². The molecule has 0 amide bonds. The molecular weight excluding hydrogens is 256 g/mol. The Balaban J connectivity index is 1.74. The van der Waals surface area contributed by atoms with E-state index in [-0.39, 0.29) is 0 Å². The number of nitrogens with zero attached hydrogens (tertiary/aromatic N) is 1. The van der Waals surface area contributed by atoms with Gasteiger partial charge < -0.3 is 5.73 Å². The Bertz CT molecular complexity index is 592. The van der Waals surface area contributed by atoms with E-state index in [0.29, 0.717) is 0 Å². The van der Waals surface area contributed by atoms with Gasteiger partial charge in [-0.3, -0.25) is 4.90 Å². The summed E-state index contributed by atoms with van der Waals surface area (Å²) in [6, 6.07) is 15.9. The highest BCUT2D eigenvalue weighted by Crippen LogP contribution is 2.30. The SMILES string of the molecule is Cc1cc(C)cc(CN(Cc2ccc(N)cc2)C2CC2)c1. The zero-order valence-corrected chi connectivity index (χ0v) is 13.0. The average molecular weight is 280 g/mol. The van der Waals surface area contributed by atoms with Gasteiger partial charge in [0.1, 0.15) is 0 Å². The van der Waals surface area contributed by atoms with Gasteiger partial charge in [-0.25, -0.2) is 0 Å². The van der Waals surface area contributed by atoms with Gasteiger partial charge in [0.2, 0.25) is 0 Å². The fourth-order valence-electron chi connectivity index (χ4n) is 3.01. The molecule has 1 aliphatic rings. The molecule has 2 aromatic carbocycles. The molecule has 0 aliphatic heterocycles. The molecule has 2 N–H and O–H groups in total. The van der Waals surface area contributed by atoms with Crippen LogP contribution in [0.1, 0.15) is 35.1 Å². The molecule has 110 valence electrons. The first-order valence-electron chi connectivity index (χ1n) is 7.76. The van der Waals surface area contributed by atoms with Gasteiger partial charge in [-0.15, -0.1) is 0 Å². The van der Waals surface area contributed by atoms with E-state index in [1.807, 2.05) is 12.1 Å². The molecule has 0 spiro atoms. The maximum absolute atomic E-state index is 5.77. The summed E-state index contributed by atoms with van der Waals surface area (Å²) in [5, 5.41) is 0. The zero-order valence-electron chi connectivity index (χ0n) is 13.0. The normalized spacial score (nSPS) is 14.6. The first kappa shape index (κ1) is 14.2. The van der Waals surface area contributed by atoms with Crippen molar-refractivity contribution >= 4 is 5.69 Å². The van der Waals surface area contributed by atoms with E-state index in [4.69, 9.17) is 5.73 Å². The van der Waals surface area contributed by atoms with Crippen LogP contribution in [0.15, 0.2) is 42.5 Å². The van der Waals surface area contributed by atoms with Gasteiger partial charge in [0, 0.05) is 24.8 Å². The van der Waals surface area contributed by atoms with Gasteiger partial charge in [0.15, 0.2) is 0 Å². The highest BCUT2D eigenvalue weighted by molar-refractivity contribution is 5.39. The maximum atomic E-state index is 5.77. The van der Waals surface area contributed by atoms with Crippen molar-refractivity contribution in [3.8, 4) is 0 Å². The number of rotatable bonds is 5. The summed E-state index contributed by atoms with van der Waals surface area (Å²) in [6.07, 6.45) is 2.67. The quantitative estimate of drug-likeness (QED) is 0.837. The van der Waals surface area contributed by atoms with Gasteiger partial charge >= 0.3 is 0 Å². The molecule has 21 heavy (non-hydrogen) atoms. The van der Waals surface area contributed by atoms with Gasteiger partial charge in [0.25, 0.3) is 0 Å². The van der Waals surface area contributed by atoms with Gasteiger partial charge in [-0.05, 0) is 49.9 Å². The number of nitrogens with two attached hydrogens (primary N) is 1. The third-order valence-corrected chi connectivity index (χ3v) is 4.10. The van der Waals surface area contributed by atoms with E-state index in [1.54, 1.807) is 0 Å². The third-order valence-electron chi connectivity index (χ3n) is 4.10. The van der Waals surface area contributed by atoms with Crippen molar-refractivity contribution in [2.24, 2.45) is 0 Å². The van der Waals surface area contributed by atoms with Gasteiger partial charge in [-0.1, -0.05) is 41.5 Å². The van der Waals surface area contributed by atoms with E-state index in [1.165, 1.54) is 35.1 Å². The fourth-order valence-corrected chi connectivity index (χ4v) is 3.01. The van der Waals surface area contributed by atoms with Crippen LogP contribution in [0, 0.1) is 13.8 Å². The molecule has 0 unspecified atom stereocenters. The lowest BCUT2D eigenvalue weighted by Crippen LogP contribution is -2.25. The summed E-state index contributed by atoms with van der Waals surface area (Å²) in [5.74, 6) is 0. The van der Waals surface area contributed by atoms with Crippen LogP contribution in [0.2, 0.25) is 0 Å². The second kappa shape index (κ2) is 5.90. The molecule has 0 atom stereocenters. The minimum absolute atomic E-state index is 0.753. The van der Waals surface area contributed by atoms with Gasteiger partial charge in [-0.2, -0.15) is 0 Å². The second-order valence-electron chi connectivity index (χ2n) is 6.37. The number of nitrogen functional groups attached to an aromatic ring is 1. The Morgan fingerprint density at radius 1 is 0.905 bits per heavy atom. The smallest absolute Gasteiger partial charge is 0.0314 e. The lowest BCUT2D eigenvalue weighted by atomic mass is 10.1. The lowest BCUT2D eigenvalue weighted by Gasteiger charge is -2.23. The minimum atomic E-state index is 0.753. The van der Waals surface area contributed by atoms with E-state index in [9.17, 15) is 0 Å². The molecule has 1 aliphatic carbocycles. The van der Waals surface area contributed by atoms with Gasteiger partial charge in [0.05, 0.1) is 0 Å². The molecule has 0 radical (unpaired) electrons. The molecule has 3 rings (SSSR count). The van der Waals surface area contributed by atoms with E-state index in [0.717, 1.165) is 24.8 Å². The minimum Gasteiger partial charge on any atom is -0.399 e. The summed E-state index contributed by atoms with van der Waals surface area (Å²) in [6.45, 7) is 6.41. The molecular formula is C19H24N2. The summed E-state index contributed by atoms with van der Waals surface area (Å²) in [5.41, 5.74) is 12.1. The standard InChI is InChI=1S/C19H24N2/c1-14-9-15(2)11-17(10-14)13-21(19-7-8-19)12-16-3-5-18(20)6-4-16/h3-6,9-11,19H,7-8,12-13,20H2,1-2H3. The Hall–Kier alpha value is -1.80. The Morgan fingerprint density at radius 2 is 1.48 bits per heavy atom. The third kappa shape index (κ3) is 3.85. The number of hydrogen-bond acceptors (Lipinski definition) is 2. The van der Waals surface area contributed by atoms with Crippen molar-refractivity contribution < 1.29 is 0 Å². The number of aryl methyl sites for hydroxylation is 2. The number of hydrogen-bond donors (Lipinski definition) is 1. The molecule has 0 heterocycles. The number of benzene rings is 2. The highest BCUT2D eigenvalue weighted by atomic mass is 15.2. The topological polar surface area (TPSA) is 29.3 Å². The summed E-state index contributed by atoms with van der Waals surface area (Å²) in [4.78, 5) is 2.60. The molecule has 2 heteroatoms. The molecule has 2 nitrogen and oxygen atoms in total. The van der Waals surface area contributed by atoms with Crippen molar-refractivity contribution in [1.29, 1.82) is 0 Å². The Kier molecular flexibility index (Phi) is 3.98. The molecule has 1 saturated carbocycles. The van der Waals surface area contributed by atoms with Crippen molar-refractivity contribution in [3.05, 3.63) is 64.7 Å². The van der Waals surface area contributed by atoms with Crippen molar-refractivity contribution in [3.63, 3.8) is 0 Å². The van der Waals surface area contributed by atoms with Crippen LogP contribution >= 0.6 is 0 Å². The monoisotopic (exact) mass is 280 g/mol. The molecule has 0 aromatic heterocycles. The van der Waals surface area contributed by atoms with Crippen molar-refractivity contribution in [2.75, 3.05) is 5.73 Å². The molecule has 0 bridgehead atoms. The zero-order chi connectivity index (χ0) is 14.8.